The maximum absolute atomic E-state index is 12.4. The molecule has 0 spiro atoms. The Morgan fingerprint density at radius 1 is 1.14 bits per heavy atom. The minimum Gasteiger partial charge on any atom is -0.306 e. The number of hydrogen-bond acceptors (Lipinski definition) is 5. The molecule has 0 radical (unpaired) electrons. The average molecular weight is 407 g/mol. The number of carbonyl (C=O) groups excluding carboxylic acids is 1. The summed E-state index contributed by atoms with van der Waals surface area (Å²) < 4.78 is 3.71. The first-order chi connectivity index (χ1) is 14.1. The van der Waals surface area contributed by atoms with Crippen molar-refractivity contribution in [2.45, 2.75) is 38.1 Å². The van der Waals surface area contributed by atoms with E-state index < -0.39 is 0 Å². The highest BCUT2D eigenvalue weighted by Crippen LogP contribution is 2.39. The summed E-state index contributed by atoms with van der Waals surface area (Å²) >= 11 is 5.96. The van der Waals surface area contributed by atoms with E-state index in [1.165, 1.54) is 18.4 Å². The Balaban J connectivity index is 1.25. The van der Waals surface area contributed by atoms with Crippen molar-refractivity contribution in [2.75, 3.05) is 0 Å². The minimum absolute atomic E-state index is 0.0675. The van der Waals surface area contributed by atoms with Crippen molar-refractivity contribution >= 4 is 23.0 Å². The molecule has 1 aliphatic carbocycles. The molecule has 8 heteroatoms. The van der Waals surface area contributed by atoms with E-state index in [9.17, 15) is 4.79 Å². The van der Waals surface area contributed by atoms with Gasteiger partial charge >= 0.3 is 0 Å². The van der Waals surface area contributed by atoms with Gasteiger partial charge in [-0.2, -0.15) is 0 Å². The maximum Gasteiger partial charge on any atom is 0.185 e. The first-order valence-electron chi connectivity index (χ1n) is 9.65. The molecule has 0 aromatic carbocycles. The number of rotatable bonds is 7. The molecule has 0 aliphatic heterocycles. The van der Waals surface area contributed by atoms with Crippen LogP contribution < -0.4 is 0 Å². The van der Waals surface area contributed by atoms with Crippen LogP contribution in [0.25, 0.3) is 5.65 Å². The van der Waals surface area contributed by atoms with E-state index in [2.05, 4.69) is 43.0 Å². The van der Waals surface area contributed by atoms with Crippen LogP contribution in [0.5, 0.6) is 0 Å². The largest absolute Gasteiger partial charge is 0.306 e. The van der Waals surface area contributed by atoms with Crippen LogP contribution >= 0.6 is 11.6 Å². The van der Waals surface area contributed by atoms with E-state index in [0.717, 1.165) is 17.0 Å². The summed E-state index contributed by atoms with van der Waals surface area (Å²) in [4.78, 5) is 21.3. The van der Waals surface area contributed by atoms with Crippen molar-refractivity contribution in [3.8, 4) is 0 Å². The van der Waals surface area contributed by atoms with Gasteiger partial charge in [0.2, 0.25) is 0 Å². The fraction of sp³-hybridized carbons (Fsp3) is 0.286. The minimum atomic E-state index is -0.0675. The monoisotopic (exact) mass is 406 g/mol. The van der Waals surface area contributed by atoms with Gasteiger partial charge < -0.3 is 4.40 Å². The standard InChI is InChI=1S/C21H19ClN6O/c22-16-7-8-23-17(9-16)4-5-20(29)19-13-28(26-25-19)12-18-11-27-10-15(14-1-2-14)3-6-21(27)24-18/h3,6-11,13-14H,1-2,4-5,12H2. The topological polar surface area (TPSA) is 78.0 Å². The van der Waals surface area contributed by atoms with Crippen LogP contribution in [0.15, 0.2) is 49.1 Å². The molecule has 4 aromatic rings. The molecule has 0 atom stereocenters. The second-order valence-corrected chi connectivity index (χ2v) is 7.86. The number of aromatic nitrogens is 6. The van der Waals surface area contributed by atoms with E-state index >= 15 is 0 Å². The predicted molar refractivity (Wildman–Crippen MR) is 108 cm³/mol. The molecular weight excluding hydrogens is 388 g/mol. The van der Waals surface area contributed by atoms with Crippen LogP contribution in [0.4, 0.5) is 0 Å². The first kappa shape index (κ1) is 18.0. The van der Waals surface area contributed by atoms with E-state index in [0.29, 0.717) is 36.0 Å². The van der Waals surface area contributed by atoms with E-state index in [4.69, 9.17) is 11.6 Å². The maximum atomic E-state index is 12.4. The molecule has 0 saturated heterocycles. The number of fused-ring (bicyclic) bond motifs is 1. The lowest BCUT2D eigenvalue weighted by Crippen LogP contribution is -2.03. The van der Waals surface area contributed by atoms with Gasteiger partial charge in [0, 0.05) is 35.7 Å². The molecule has 1 fully saturated rings. The number of nitrogens with zero attached hydrogens (tertiary/aromatic N) is 6. The zero-order valence-corrected chi connectivity index (χ0v) is 16.5. The number of ketones is 1. The third-order valence-corrected chi connectivity index (χ3v) is 5.34. The summed E-state index contributed by atoms with van der Waals surface area (Å²) in [6, 6.07) is 7.69. The Morgan fingerprint density at radius 2 is 2.03 bits per heavy atom. The average Bonchev–Trinajstić information content (AvgIpc) is 3.33. The molecule has 1 aliphatic rings. The second kappa shape index (κ2) is 7.40. The summed E-state index contributed by atoms with van der Waals surface area (Å²) in [6.07, 6.45) is 10.9. The van der Waals surface area contributed by atoms with E-state index in [1.807, 2.05) is 6.20 Å². The molecule has 7 nitrogen and oxygen atoms in total. The van der Waals surface area contributed by atoms with Crippen LogP contribution in [0.3, 0.4) is 0 Å². The molecule has 4 heterocycles. The molecular formula is C21H19ClN6O. The Morgan fingerprint density at radius 3 is 2.86 bits per heavy atom. The lowest BCUT2D eigenvalue weighted by molar-refractivity contribution is 0.0977. The van der Waals surface area contributed by atoms with Gasteiger partial charge in [0.25, 0.3) is 0 Å². The summed E-state index contributed by atoms with van der Waals surface area (Å²) in [6.45, 7) is 0.469. The Kier molecular flexibility index (Phi) is 4.60. The number of Topliss-reactive ketones (excluding diaryl/α,β-unsaturated/α-hetero) is 1. The summed E-state index contributed by atoms with van der Waals surface area (Å²) in [5.41, 5.74) is 4.30. The fourth-order valence-electron chi connectivity index (χ4n) is 3.42. The molecule has 0 unspecified atom stereocenters. The van der Waals surface area contributed by atoms with E-state index in [-0.39, 0.29) is 5.78 Å². The lowest BCUT2D eigenvalue weighted by Gasteiger charge is -1.99. The molecule has 1 saturated carbocycles. The van der Waals surface area contributed by atoms with Crippen molar-refractivity contribution < 1.29 is 4.79 Å². The number of pyridine rings is 2. The molecule has 0 amide bonds. The number of imidazole rings is 1. The smallest absolute Gasteiger partial charge is 0.185 e. The molecule has 146 valence electrons. The van der Waals surface area contributed by atoms with Gasteiger partial charge in [-0.25, -0.2) is 9.67 Å². The predicted octanol–water partition coefficient (Wildman–Crippen LogP) is 3.72. The Bertz CT molecular complexity index is 1190. The van der Waals surface area contributed by atoms with Crippen molar-refractivity contribution in [2.24, 2.45) is 0 Å². The SMILES string of the molecule is O=C(CCc1cc(Cl)ccn1)c1cn(Cc2cn3cc(C4CC4)ccc3n2)nn1. The molecule has 0 bridgehead atoms. The van der Waals surface area contributed by atoms with Crippen molar-refractivity contribution in [1.29, 1.82) is 0 Å². The van der Waals surface area contributed by atoms with Crippen LogP contribution in [0.1, 0.15) is 52.6 Å². The number of aryl methyl sites for hydroxylation is 1. The second-order valence-electron chi connectivity index (χ2n) is 7.42. The van der Waals surface area contributed by atoms with Crippen molar-refractivity contribution in [3.05, 3.63) is 76.7 Å². The van der Waals surface area contributed by atoms with Crippen LogP contribution in [0, 0.1) is 0 Å². The van der Waals surface area contributed by atoms with Gasteiger partial charge in [0.1, 0.15) is 11.3 Å². The van der Waals surface area contributed by atoms with E-state index in [1.54, 1.807) is 29.2 Å². The van der Waals surface area contributed by atoms with Gasteiger partial charge in [0.05, 0.1) is 18.4 Å². The fourth-order valence-corrected chi connectivity index (χ4v) is 3.60. The highest BCUT2D eigenvalue weighted by atomic mass is 35.5. The molecule has 29 heavy (non-hydrogen) atoms. The summed E-state index contributed by atoms with van der Waals surface area (Å²) in [7, 11) is 0. The third-order valence-electron chi connectivity index (χ3n) is 5.11. The Hall–Kier alpha value is -3.06. The first-order valence-corrected chi connectivity index (χ1v) is 10.0. The molecule has 5 rings (SSSR count). The highest BCUT2D eigenvalue weighted by Gasteiger charge is 2.23. The number of hydrogen-bond donors (Lipinski definition) is 0. The molecule has 0 N–H and O–H groups in total. The van der Waals surface area contributed by atoms with Crippen LogP contribution in [-0.4, -0.2) is 35.1 Å². The van der Waals surface area contributed by atoms with Gasteiger partial charge in [-0.1, -0.05) is 22.9 Å². The number of halogens is 1. The van der Waals surface area contributed by atoms with Gasteiger partial charge in [-0.05, 0) is 48.9 Å². The van der Waals surface area contributed by atoms with Crippen molar-refractivity contribution in [1.82, 2.24) is 29.4 Å². The molecule has 4 aromatic heterocycles. The van der Waals surface area contributed by atoms with Gasteiger partial charge in [-0.15, -0.1) is 5.10 Å². The van der Waals surface area contributed by atoms with Crippen molar-refractivity contribution in [3.63, 3.8) is 0 Å². The lowest BCUT2D eigenvalue weighted by atomic mass is 10.1. The Labute approximate surface area is 172 Å². The van der Waals surface area contributed by atoms with Gasteiger partial charge in [-0.3, -0.25) is 9.78 Å². The third kappa shape index (κ3) is 4.05. The van der Waals surface area contributed by atoms with Crippen LogP contribution in [-0.2, 0) is 13.0 Å². The normalized spacial score (nSPS) is 13.8. The zero-order valence-electron chi connectivity index (χ0n) is 15.7. The summed E-state index contributed by atoms with van der Waals surface area (Å²) in [5.74, 6) is 0.637. The number of carbonyl (C=O) groups is 1. The quantitative estimate of drug-likeness (QED) is 0.437. The van der Waals surface area contributed by atoms with Gasteiger partial charge in [0.15, 0.2) is 5.78 Å². The highest BCUT2D eigenvalue weighted by molar-refractivity contribution is 6.30. The zero-order chi connectivity index (χ0) is 19.8. The van der Waals surface area contributed by atoms with Crippen LogP contribution in [0.2, 0.25) is 5.02 Å². The summed E-state index contributed by atoms with van der Waals surface area (Å²) in [5, 5.41) is 8.73.